The number of hydrogen-bond donors (Lipinski definition) is 0. The second-order valence-corrected chi connectivity index (χ2v) is 5.85. The van der Waals surface area contributed by atoms with Crippen LogP contribution in [0, 0.1) is 0 Å². The van der Waals surface area contributed by atoms with E-state index in [1.54, 1.807) is 0 Å². The third-order valence-electron chi connectivity index (χ3n) is 1.61. The van der Waals surface area contributed by atoms with Crippen molar-refractivity contribution >= 4 is 24.1 Å². The lowest BCUT2D eigenvalue weighted by molar-refractivity contribution is 0.266. The lowest BCUT2D eigenvalue weighted by atomic mass is 10.3. The van der Waals surface area contributed by atoms with E-state index < -0.39 is 6.64 Å². The van der Waals surface area contributed by atoms with E-state index in [9.17, 15) is 0 Å². The molecule has 0 saturated carbocycles. The Morgan fingerprint density at radius 1 is 1.12 bits per heavy atom. The monoisotopic (exact) mass is 258 g/mol. The highest BCUT2D eigenvalue weighted by Gasteiger charge is 2.16. The fourth-order valence-electron chi connectivity index (χ4n) is 1.02. The van der Waals surface area contributed by atoms with Crippen molar-refractivity contribution in [3.8, 4) is 0 Å². The molecule has 0 aliphatic rings. The smallest absolute Gasteiger partial charge is 0.312 e. The summed E-state index contributed by atoms with van der Waals surface area (Å²) in [7, 11) is 0. The van der Waals surface area contributed by atoms with Gasteiger partial charge in [-0.15, -0.1) is 5.11 Å². The predicted octanol–water partition coefficient (Wildman–Crippen LogP) is 4.07. The van der Waals surface area contributed by atoms with Crippen LogP contribution in [0.1, 0.15) is 13.8 Å². The Kier molecular flexibility index (Phi) is 5.77. The van der Waals surface area contributed by atoms with Gasteiger partial charge in [0.05, 0.1) is 18.9 Å². The number of rotatable bonds is 6. The van der Waals surface area contributed by atoms with Gasteiger partial charge in [-0.25, -0.2) is 0 Å². The molecule has 0 amide bonds. The van der Waals surface area contributed by atoms with Crippen molar-refractivity contribution < 1.29 is 9.05 Å². The average molecular weight is 258 g/mol. The van der Waals surface area contributed by atoms with E-state index in [-0.39, 0.29) is 0 Å². The minimum atomic E-state index is -2.59. The van der Waals surface area contributed by atoms with Gasteiger partial charge < -0.3 is 9.05 Å². The molecular weight excluding hydrogens is 243 g/mol. The van der Waals surface area contributed by atoms with Gasteiger partial charge in [0.25, 0.3) is 0 Å². The molecule has 0 aliphatic heterocycles. The van der Waals surface area contributed by atoms with Crippen LogP contribution in [0.25, 0.3) is 0 Å². The van der Waals surface area contributed by atoms with Crippen molar-refractivity contribution in [2.45, 2.75) is 13.8 Å². The molecule has 0 radical (unpaired) electrons. The van der Waals surface area contributed by atoms with E-state index in [2.05, 4.69) is 10.00 Å². The molecule has 6 heteroatoms. The summed E-state index contributed by atoms with van der Waals surface area (Å²) in [6.45, 7) is 2.08. The van der Waals surface area contributed by atoms with E-state index in [4.69, 9.17) is 20.9 Å². The maximum absolute atomic E-state index is 5.33. The highest BCUT2D eigenvalue weighted by molar-refractivity contribution is 8.09. The van der Waals surface area contributed by atoms with Crippen LogP contribution in [0.5, 0.6) is 0 Å². The summed E-state index contributed by atoms with van der Waals surface area (Å²) in [6.07, 6.45) is 0. The van der Waals surface area contributed by atoms with Gasteiger partial charge in [-0.3, -0.25) is 0 Å². The Morgan fingerprint density at radius 2 is 1.69 bits per heavy atom. The van der Waals surface area contributed by atoms with Crippen LogP contribution in [-0.4, -0.2) is 13.2 Å². The fourth-order valence-corrected chi connectivity index (χ4v) is 2.80. The molecule has 1 rings (SSSR count). The predicted molar refractivity (Wildman–Crippen MR) is 68.5 cm³/mol. The van der Waals surface area contributed by atoms with Crippen molar-refractivity contribution in [2.75, 3.05) is 13.2 Å². The third-order valence-corrected chi connectivity index (χ3v) is 3.94. The first-order valence-corrected chi connectivity index (χ1v) is 7.66. The van der Waals surface area contributed by atoms with Gasteiger partial charge in [-0.05, 0) is 37.8 Å². The van der Waals surface area contributed by atoms with Crippen molar-refractivity contribution in [2.24, 2.45) is 10.00 Å². The lowest BCUT2D eigenvalue weighted by Gasteiger charge is -2.13. The zero-order chi connectivity index (χ0) is 11.9. The number of nitrogens with zero attached hydrogens (tertiary/aromatic N) is 2. The molecule has 0 bridgehead atoms. The summed E-state index contributed by atoms with van der Waals surface area (Å²) in [5, 5.41) is 4.04. The molecule has 0 fully saturated rings. The van der Waals surface area contributed by atoms with Crippen LogP contribution in [-0.2, 0) is 20.9 Å². The van der Waals surface area contributed by atoms with Crippen molar-refractivity contribution in [1.82, 2.24) is 0 Å². The SMILES string of the molecule is CCOP(=S)(N=Nc1ccccc1)OCC. The van der Waals surface area contributed by atoms with E-state index >= 15 is 0 Å². The summed E-state index contributed by atoms with van der Waals surface area (Å²) >= 11 is 5.21. The Labute approximate surface area is 101 Å². The van der Waals surface area contributed by atoms with Gasteiger partial charge in [0, 0.05) is 0 Å². The largest absolute Gasteiger partial charge is 0.327 e. The molecular formula is C10H15N2O2PS. The van der Waals surface area contributed by atoms with Crippen molar-refractivity contribution in [3.63, 3.8) is 0 Å². The van der Waals surface area contributed by atoms with Gasteiger partial charge in [0.1, 0.15) is 0 Å². The molecule has 88 valence electrons. The minimum absolute atomic E-state index is 0.477. The van der Waals surface area contributed by atoms with Gasteiger partial charge in [-0.1, -0.05) is 23.1 Å². The molecule has 0 N–H and O–H groups in total. The molecule has 0 spiro atoms. The maximum Gasteiger partial charge on any atom is 0.327 e. The quantitative estimate of drug-likeness (QED) is 0.570. The molecule has 0 aliphatic carbocycles. The summed E-state index contributed by atoms with van der Waals surface area (Å²) in [6, 6.07) is 9.39. The first-order chi connectivity index (χ1) is 7.70. The standard InChI is InChI=1S/C10H15N2O2PS/c1-3-13-15(16,14-4-2)12-11-10-8-6-5-7-9-10/h5-9H,3-4H2,1-2H3. The zero-order valence-electron chi connectivity index (χ0n) is 9.37. The lowest BCUT2D eigenvalue weighted by Crippen LogP contribution is -1.91. The zero-order valence-corrected chi connectivity index (χ0v) is 11.1. The maximum atomic E-state index is 5.33. The van der Waals surface area contributed by atoms with Gasteiger partial charge in [-0.2, -0.15) is 0 Å². The third kappa shape index (κ3) is 4.49. The first kappa shape index (κ1) is 13.5. The number of hydrogen-bond acceptors (Lipinski definition) is 4. The first-order valence-electron chi connectivity index (χ1n) is 5.07. The number of benzene rings is 1. The minimum Gasteiger partial charge on any atom is -0.312 e. The molecule has 0 atom stereocenters. The van der Waals surface area contributed by atoms with Crippen LogP contribution in [0.4, 0.5) is 5.69 Å². The topological polar surface area (TPSA) is 43.2 Å². The normalized spacial score (nSPS) is 12.1. The highest BCUT2D eigenvalue weighted by atomic mass is 32.5. The summed E-state index contributed by atoms with van der Waals surface area (Å²) in [4.78, 5) is 4.01. The van der Waals surface area contributed by atoms with E-state index in [0.717, 1.165) is 5.69 Å². The van der Waals surface area contributed by atoms with E-state index in [1.165, 1.54) is 0 Å². The molecule has 0 heterocycles. The molecule has 1 aromatic rings. The second-order valence-electron chi connectivity index (χ2n) is 2.83. The van der Waals surface area contributed by atoms with E-state index in [1.807, 2.05) is 44.2 Å². The van der Waals surface area contributed by atoms with Gasteiger partial charge >= 0.3 is 6.64 Å². The van der Waals surface area contributed by atoms with Gasteiger partial charge in [0.2, 0.25) is 0 Å². The Morgan fingerprint density at radius 3 is 2.19 bits per heavy atom. The van der Waals surface area contributed by atoms with Crippen LogP contribution in [0.15, 0.2) is 40.3 Å². The highest BCUT2D eigenvalue weighted by Crippen LogP contribution is 2.50. The summed E-state index contributed by atoms with van der Waals surface area (Å²) in [5.74, 6) is 0. The van der Waals surface area contributed by atoms with Crippen LogP contribution in [0.3, 0.4) is 0 Å². The van der Waals surface area contributed by atoms with Gasteiger partial charge in [0.15, 0.2) is 0 Å². The average Bonchev–Trinajstić information content (AvgIpc) is 2.29. The molecule has 1 aromatic carbocycles. The molecule has 4 nitrogen and oxygen atoms in total. The Hall–Kier alpha value is -0.610. The molecule has 0 aromatic heterocycles. The fraction of sp³-hybridized carbons (Fsp3) is 0.400. The second kappa shape index (κ2) is 6.86. The van der Waals surface area contributed by atoms with Crippen LogP contribution >= 0.6 is 6.64 Å². The molecule has 16 heavy (non-hydrogen) atoms. The van der Waals surface area contributed by atoms with Crippen LogP contribution < -0.4 is 0 Å². The molecule has 0 saturated heterocycles. The summed E-state index contributed by atoms with van der Waals surface area (Å²) < 4.78 is 10.7. The Balaban J connectivity index is 2.75. The van der Waals surface area contributed by atoms with Crippen molar-refractivity contribution in [1.29, 1.82) is 0 Å². The van der Waals surface area contributed by atoms with Crippen molar-refractivity contribution in [3.05, 3.63) is 30.3 Å². The van der Waals surface area contributed by atoms with E-state index in [0.29, 0.717) is 13.2 Å². The Bertz CT molecular complexity index is 374. The molecule has 0 unspecified atom stereocenters. The van der Waals surface area contributed by atoms with Crippen LogP contribution in [0.2, 0.25) is 0 Å². The summed E-state index contributed by atoms with van der Waals surface area (Å²) in [5.41, 5.74) is 0.746.